The highest BCUT2D eigenvalue weighted by atomic mass is 31.2. The minimum atomic E-state index is -4.65. The van der Waals surface area contributed by atoms with E-state index in [0.29, 0.717) is 23.9 Å². The molecule has 0 bridgehead atoms. The summed E-state index contributed by atoms with van der Waals surface area (Å²) in [7, 11) is 1.12. The fraction of sp³-hybridized carbons (Fsp3) is 0.645. The quantitative estimate of drug-likeness (QED) is 0.0195. The predicted molar refractivity (Wildman–Crippen MR) is 305 cm³/mol. The highest BCUT2D eigenvalue weighted by Gasteiger charge is 2.21. The topological polar surface area (TPSA) is 111 Å². The maximum absolute atomic E-state index is 12.8. The highest BCUT2D eigenvalue weighted by Crippen LogP contribution is 2.38. The first-order valence-corrected chi connectivity index (χ1v) is 29.7. The second-order valence-corrected chi connectivity index (χ2v) is 20.9. The van der Waals surface area contributed by atoms with Crippen molar-refractivity contribution in [3.8, 4) is 0 Å². The number of allylic oxidation sites excluding steroid dienone is 20. The van der Waals surface area contributed by atoms with Gasteiger partial charge in [0.25, 0.3) is 7.82 Å². The lowest BCUT2D eigenvalue weighted by atomic mass is 10.0. The maximum Gasteiger partial charge on any atom is 0.306 e. The van der Waals surface area contributed by atoms with Crippen molar-refractivity contribution in [2.45, 2.75) is 213 Å². The van der Waals surface area contributed by atoms with Gasteiger partial charge in [-0.15, -0.1) is 0 Å². The van der Waals surface area contributed by atoms with Crippen LogP contribution in [0.25, 0.3) is 0 Å². The second-order valence-electron chi connectivity index (χ2n) is 19.5. The van der Waals surface area contributed by atoms with Crippen LogP contribution in [-0.4, -0.2) is 70.0 Å². The van der Waals surface area contributed by atoms with Gasteiger partial charge < -0.3 is 27.9 Å². The highest BCUT2D eigenvalue weighted by molar-refractivity contribution is 7.45. The van der Waals surface area contributed by atoms with Gasteiger partial charge in [0.05, 0.1) is 27.7 Å². The van der Waals surface area contributed by atoms with Gasteiger partial charge >= 0.3 is 11.9 Å². The molecular weight excluding hydrogens is 918 g/mol. The lowest BCUT2D eigenvalue weighted by Crippen LogP contribution is -2.37. The van der Waals surface area contributed by atoms with E-state index in [9.17, 15) is 19.0 Å². The van der Waals surface area contributed by atoms with E-state index in [1.54, 1.807) is 0 Å². The van der Waals surface area contributed by atoms with Crippen LogP contribution in [0.2, 0.25) is 0 Å². The zero-order valence-corrected chi connectivity index (χ0v) is 47.2. The van der Waals surface area contributed by atoms with E-state index in [1.807, 2.05) is 33.3 Å². The molecule has 0 aromatic carbocycles. The van der Waals surface area contributed by atoms with Crippen molar-refractivity contribution >= 4 is 19.8 Å². The molecule has 410 valence electrons. The molecule has 0 fully saturated rings. The van der Waals surface area contributed by atoms with E-state index in [4.69, 9.17) is 18.5 Å². The number of phosphoric ester groups is 1. The van der Waals surface area contributed by atoms with Crippen LogP contribution in [0.5, 0.6) is 0 Å². The van der Waals surface area contributed by atoms with Crippen LogP contribution in [0.4, 0.5) is 0 Å². The number of nitrogens with zero attached hydrogens (tertiary/aromatic N) is 1. The molecule has 0 aromatic heterocycles. The largest absolute Gasteiger partial charge is 0.756 e. The van der Waals surface area contributed by atoms with Crippen molar-refractivity contribution in [2.75, 3.05) is 47.5 Å². The predicted octanol–water partition coefficient (Wildman–Crippen LogP) is 17.0. The number of phosphoric acid groups is 1. The Bertz CT molecular complexity index is 1630. The molecule has 2 unspecified atom stereocenters. The molecule has 0 N–H and O–H groups in total. The van der Waals surface area contributed by atoms with Crippen LogP contribution in [0.3, 0.4) is 0 Å². The minimum Gasteiger partial charge on any atom is -0.756 e. The first-order valence-electron chi connectivity index (χ1n) is 28.2. The molecule has 0 aromatic rings. The normalized spacial score (nSPS) is 14.2. The summed E-state index contributed by atoms with van der Waals surface area (Å²) in [6.45, 7) is 3.91. The third kappa shape index (κ3) is 55.7. The number of carbonyl (C=O) groups is 2. The lowest BCUT2D eigenvalue weighted by molar-refractivity contribution is -0.870. The summed E-state index contributed by atoms with van der Waals surface area (Å²) in [6, 6.07) is 0. The number of quaternary nitrogens is 1. The van der Waals surface area contributed by atoms with Gasteiger partial charge in [-0.3, -0.25) is 14.2 Å². The third-order valence-corrected chi connectivity index (χ3v) is 12.5. The zero-order valence-electron chi connectivity index (χ0n) is 46.3. The molecule has 10 heteroatoms. The summed E-state index contributed by atoms with van der Waals surface area (Å²) >= 11 is 0. The van der Waals surface area contributed by atoms with Crippen molar-refractivity contribution < 1.29 is 42.1 Å². The van der Waals surface area contributed by atoms with Crippen molar-refractivity contribution in [2.24, 2.45) is 0 Å². The van der Waals surface area contributed by atoms with E-state index < -0.39 is 32.5 Å². The van der Waals surface area contributed by atoms with Gasteiger partial charge in [0.1, 0.15) is 19.8 Å². The molecule has 0 radical (unpaired) electrons. The molecule has 0 aliphatic rings. The van der Waals surface area contributed by atoms with E-state index in [1.165, 1.54) is 83.5 Å². The Morgan fingerprint density at radius 2 is 0.778 bits per heavy atom. The van der Waals surface area contributed by atoms with E-state index in [0.717, 1.165) is 83.5 Å². The summed E-state index contributed by atoms with van der Waals surface area (Å²) in [5.74, 6) is -0.934. The number of esters is 2. The third-order valence-electron chi connectivity index (χ3n) is 11.5. The van der Waals surface area contributed by atoms with Gasteiger partial charge in [-0.05, 0) is 89.9 Å². The summed E-state index contributed by atoms with van der Waals surface area (Å²) in [4.78, 5) is 37.7. The average molecular weight is 1020 g/mol. The standard InChI is InChI=1S/C62H104NO8P/c1-6-8-10-12-14-16-18-20-21-22-23-24-25-26-27-28-29-30-31-32-33-34-35-36-37-38-39-40-41-43-45-47-49-51-53-55-62(65)71-60(59-70-72(66,67)69-57-56-63(3,4)5)58-68-61(64)54-52-50-48-46-44-42-19-17-15-13-11-9-7-2/h8-11,14-17,20-21,23-24,26-27,29-30,42,44,48,50,60H,6-7,12-13,18-19,22,25,28,31-41,43,45-47,49,51-59H2,1-5H3/b10-8-,11-9-,16-14-,17-15-,21-20-,24-23-,27-26-,30-29-,44-42-,50-48-. The molecule has 0 amide bonds. The van der Waals surface area contributed by atoms with Gasteiger partial charge in [0, 0.05) is 12.8 Å². The number of rotatable bonds is 50. The molecule has 0 aliphatic carbocycles. The van der Waals surface area contributed by atoms with Gasteiger partial charge in [0.2, 0.25) is 0 Å². The van der Waals surface area contributed by atoms with Gasteiger partial charge in [-0.25, -0.2) is 0 Å². The average Bonchev–Trinajstić information content (AvgIpc) is 3.34. The number of likely N-dealkylation sites (N-methyl/N-ethyl adjacent to an activating group) is 1. The molecule has 0 heterocycles. The fourth-order valence-electron chi connectivity index (χ4n) is 7.20. The molecule has 2 atom stereocenters. The molecule has 0 saturated heterocycles. The van der Waals surface area contributed by atoms with Crippen molar-refractivity contribution in [3.05, 3.63) is 122 Å². The van der Waals surface area contributed by atoms with Crippen LogP contribution in [-0.2, 0) is 32.7 Å². The number of hydrogen-bond acceptors (Lipinski definition) is 8. The van der Waals surface area contributed by atoms with Gasteiger partial charge in [-0.2, -0.15) is 0 Å². The molecule has 0 rings (SSSR count). The van der Waals surface area contributed by atoms with Crippen molar-refractivity contribution in [1.29, 1.82) is 0 Å². The molecular formula is C62H104NO8P. The SMILES string of the molecule is CC/C=C\C/C=C\C/C=C\C/C=C\C/C=C\C/C=C\CCCCCCCCCCCCCCCCCCC(=O)OC(COC(=O)CC/C=C\C/C=C\C/C=C\C/C=C\CC)COP(=O)([O-])OCC[N+](C)(C)C. The molecule has 0 saturated carbocycles. The Morgan fingerprint density at radius 1 is 0.431 bits per heavy atom. The van der Waals surface area contributed by atoms with Crippen LogP contribution in [0.1, 0.15) is 206 Å². The Labute approximate surface area is 441 Å². The summed E-state index contributed by atoms with van der Waals surface area (Å²) in [5.41, 5.74) is 0. The first kappa shape index (κ1) is 68.4. The maximum atomic E-state index is 12.8. The Hall–Kier alpha value is -3.59. The number of unbranched alkanes of at least 4 members (excludes halogenated alkanes) is 16. The Kier molecular flexibility index (Phi) is 49.7. The van der Waals surface area contributed by atoms with Crippen LogP contribution in [0.15, 0.2) is 122 Å². The summed E-state index contributed by atoms with van der Waals surface area (Å²) in [5, 5.41) is 0. The number of carbonyl (C=O) groups excluding carboxylic acids is 2. The lowest BCUT2D eigenvalue weighted by Gasteiger charge is -2.28. The smallest absolute Gasteiger partial charge is 0.306 e. The second kappa shape index (κ2) is 52.3. The summed E-state index contributed by atoms with van der Waals surface area (Å²) in [6.07, 6.45) is 74.2. The van der Waals surface area contributed by atoms with Gasteiger partial charge in [0.15, 0.2) is 6.10 Å². The van der Waals surface area contributed by atoms with E-state index in [2.05, 4.69) is 123 Å². The number of ether oxygens (including phenoxy) is 2. The van der Waals surface area contributed by atoms with E-state index >= 15 is 0 Å². The first-order chi connectivity index (χ1) is 35.0. The molecule has 72 heavy (non-hydrogen) atoms. The fourth-order valence-corrected chi connectivity index (χ4v) is 7.93. The number of hydrogen-bond donors (Lipinski definition) is 0. The van der Waals surface area contributed by atoms with Crippen LogP contribution >= 0.6 is 7.82 Å². The van der Waals surface area contributed by atoms with Crippen LogP contribution < -0.4 is 4.89 Å². The molecule has 0 spiro atoms. The minimum absolute atomic E-state index is 0.0461. The van der Waals surface area contributed by atoms with E-state index in [-0.39, 0.29) is 26.1 Å². The Morgan fingerprint density at radius 3 is 1.17 bits per heavy atom. The van der Waals surface area contributed by atoms with Crippen molar-refractivity contribution in [1.82, 2.24) is 0 Å². The monoisotopic (exact) mass is 1020 g/mol. The zero-order chi connectivity index (χ0) is 52.7. The van der Waals surface area contributed by atoms with Gasteiger partial charge in [-0.1, -0.05) is 225 Å². The molecule has 0 aliphatic heterocycles. The van der Waals surface area contributed by atoms with Crippen LogP contribution in [0, 0.1) is 0 Å². The Balaban J connectivity index is 4.08. The van der Waals surface area contributed by atoms with Crippen molar-refractivity contribution in [3.63, 3.8) is 0 Å². The molecule has 9 nitrogen and oxygen atoms in total. The summed E-state index contributed by atoms with van der Waals surface area (Å²) < 4.78 is 34.0.